The molecule has 0 amide bonds. The first-order valence-corrected chi connectivity index (χ1v) is 6.24. The van der Waals surface area contributed by atoms with Crippen molar-refractivity contribution >= 4 is 7.82 Å². The summed E-state index contributed by atoms with van der Waals surface area (Å²) in [6.45, 7) is 0. The fourth-order valence-electron chi connectivity index (χ4n) is 0.119. The summed E-state index contributed by atoms with van der Waals surface area (Å²) in [7, 11) is -5.14. The van der Waals surface area contributed by atoms with Gasteiger partial charge in [0.15, 0.2) is 0 Å². The topological polar surface area (TPSA) is 124 Å². The van der Waals surface area contributed by atoms with Crippen LogP contribution in [0.5, 0.6) is 0 Å². The molecule has 10 heteroatoms. The zero-order valence-electron chi connectivity index (χ0n) is 4.79. The summed E-state index contributed by atoms with van der Waals surface area (Å²) >= 11 is -6.28. The van der Waals surface area contributed by atoms with E-state index in [2.05, 4.69) is 3.18 Å². The molecular weight excluding hydrogens is 246 g/mol. The molecule has 0 aliphatic carbocycles. The average Bonchev–Trinajstić information content (AvgIpc) is 1.14. The van der Waals surface area contributed by atoms with Crippen molar-refractivity contribution in [1.82, 2.24) is 0 Å². The first-order chi connectivity index (χ1) is 3.71. The minimum absolute atomic E-state index is 0. The molecule has 0 aromatic rings. The van der Waals surface area contributed by atoms with Crippen LogP contribution in [0.25, 0.3) is 0 Å². The van der Waals surface area contributed by atoms with Crippen LogP contribution in [0.1, 0.15) is 0 Å². The molecule has 0 aliphatic rings. The molecule has 0 radical (unpaired) electrons. The molecule has 56 valence electrons. The third kappa shape index (κ3) is 11.7. The van der Waals surface area contributed by atoms with E-state index in [4.69, 9.17) is 9.79 Å². The smallest absolute Gasteiger partial charge is 1.00 e. The average molecular weight is 248 g/mol. The summed E-state index contributed by atoms with van der Waals surface area (Å²) in [4.78, 5) is 15.4. The van der Waals surface area contributed by atoms with E-state index >= 15 is 0 Å². The molecule has 0 saturated heterocycles. The Labute approximate surface area is 71.5 Å². The molecular formula is H2LiMoO7P. The predicted octanol–water partition coefficient (Wildman–Crippen LogP) is -4.87. The molecule has 0 saturated carbocycles. The maximum atomic E-state index is 9.57. The molecule has 7 nitrogen and oxygen atoms in total. The largest absolute Gasteiger partial charge is 1.00 e. The van der Waals surface area contributed by atoms with Gasteiger partial charge in [0, 0.05) is 0 Å². The van der Waals surface area contributed by atoms with E-state index in [1.165, 1.54) is 0 Å². The van der Waals surface area contributed by atoms with Gasteiger partial charge in [-0.2, -0.15) is 0 Å². The van der Waals surface area contributed by atoms with E-state index in [0.717, 1.165) is 0 Å². The molecule has 0 rings (SSSR count). The molecule has 10 heavy (non-hydrogen) atoms. The van der Waals surface area contributed by atoms with Crippen molar-refractivity contribution in [2.45, 2.75) is 0 Å². The van der Waals surface area contributed by atoms with Crippen LogP contribution in [-0.2, 0) is 31.3 Å². The third-order valence-electron chi connectivity index (χ3n) is 0.188. The second-order valence-electron chi connectivity index (χ2n) is 0.973. The normalized spacial score (nSPS) is 12.3. The predicted molar refractivity (Wildman–Crippen MR) is 14.5 cm³/mol. The van der Waals surface area contributed by atoms with E-state index < -0.39 is 24.6 Å². The number of rotatable bonds is 2. The van der Waals surface area contributed by atoms with Gasteiger partial charge in [0.2, 0.25) is 0 Å². The second kappa shape index (κ2) is 4.10. The van der Waals surface area contributed by atoms with Gasteiger partial charge < -0.3 is 0 Å². The van der Waals surface area contributed by atoms with E-state index in [1.807, 2.05) is 0 Å². The van der Waals surface area contributed by atoms with E-state index in [0.29, 0.717) is 0 Å². The molecule has 0 aromatic carbocycles. The first kappa shape index (κ1) is 13.5. The first-order valence-electron chi connectivity index (χ1n) is 1.43. The molecule has 0 bridgehead atoms. The van der Waals surface area contributed by atoms with Crippen molar-refractivity contribution in [3.8, 4) is 0 Å². The molecule has 0 aromatic heterocycles. The third-order valence-corrected chi connectivity index (χ3v) is 3.34. The fraction of sp³-hybridized carbons (Fsp3) is 0. The second-order valence-corrected chi connectivity index (χ2v) is 5.21. The van der Waals surface area contributed by atoms with E-state index in [9.17, 15) is 15.1 Å². The van der Waals surface area contributed by atoms with Gasteiger partial charge in [-0.05, 0) is 0 Å². The van der Waals surface area contributed by atoms with E-state index in [1.54, 1.807) is 0 Å². The van der Waals surface area contributed by atoms with Crippen molar-refractivity contribution in [3.63, 3.8) is 0 Å². The number of phosphoric acid groups is 1. The van der Waals surface area contributed by atoms with Gasteiger partial charge >= 0.3 is 71.5 Å². The Balaban J connectivity index is 0. The minimum Gasteiger partial charge on any atom is 1.00 e. The fourth-order valence-corrected chi connectivity index (χ4v) is 2.11. The van der Waals surface area contributed by atoms with Crippen molar-refractivity contribution in [1.29, 1.82) is 0 Å². The van der Waals surface area contributed by atoms with Gasteiger partial charge in [-0.1, -0.05) is 0 Å². The Morgan fingerprint density at radius 1 is 1.40 bits per heavy atom. The molecule has 0 fully saturated rings. The number of hydrogen-bond donors (Lipinski definition) is 2. The Kier molecular flexibility index (Phi) is 5.55. The van der Waals surface area contributed by atoms with Crippen LogP contribution in [0.2, 0.25) is 0 Å². The Bertz CT molecular complexity index is 220. The quantitative estimate of drug-likeness (QED) is 0.370. The summed E-state index contributed by atoms with van der Waals surface area (Å²) < 4.78 is 40.8. The van der Waals surface area contributed by atoms with Crippen LogP contribution in [0, 0.1) is 0 Å². The molecule has 0 heterocycles. The Hall–Kier alpha value is 0.956. The van der Waals surface area contributed by atoms with Crippen molar-refractivity contribution in [2.75, 3.05) is 0 Å². The van der Waals surface area contributed by atoms with Crippen molar-refractivity contribution in [3.05, 3.63) is 0 Å². The SMILES string of the molecule is O=P(O)(O)[O][Mo](=[O])(=[O])[O-].[Li+]. The molecule has 0 aliphatic heterocycles. The van der Waals surface area contributed by atoms with Crippen LogP contribution in [0.3, 0.4) is 0 Å². The molecule has 0 atom stereocenters. The summed E-state index contributed by atoms with van der Waals surface area (Å²) in [5.41, 5.74) is 0. The number of hydrogen-bond acceptors (Lipinski definition) is 5. The van der Waals surface area contributed by atoms with Gasteiger partial charge in [-0.25, -0.2) is 0 Å². The maximum absolute atomic E-state index is 9.57. The Morgan fingerprint density at radius 2 is 1.70 bits per heavy atom. The summed E-state index contributed by atoms with van der Waals surface area (Å²) in [5.74, 6) is 0. The summed E-state index contributed by atoms with van der Waals surface area (Å²) in [6.07, 6.45) is 0. The van der Waals surface area contributed by atoms with Gasteiger partial charge in [0.1, 0.15) is 0 Å². The Morgan fingerprint density at radius 3 is 1.70 bits per heavy atom. The summed E-state index contributed by atoms with van der Waals surface area (Å²) in [5, 5.41) is 0. The minimum atomic E-state index is -6.28. The van der Waals surface area contributed by atoms with Crippen LogP contribution in [0.4, 0.5) is 0 Å². The summed E-state index contributed by atoms with van der Waals surface area (Å²) in [6, 6.07) is 0. The van der Waals surface area contributed by atoms with Crippen LogP contribution >= 0.6 is 7.82 Å². The monoisotopic (exact) mass is 250 g/mol. The van der Waals surface area contributed by atoms with Crippen molar-refractivity contribution in [2.24, 2.45) is 0 Å². The van der Waals surface area contributed by atoms with Gasteiger partial charge in [0.25, 0.3) is 0 Å². The molecule has 2 N–H and O–H groups in total. The van der Waals surface area contributed by atoms with Gasteiger partial charge in [-0.15, -0.1) is 0 Å². The maximum Gasteiger partial charge on any atom is 1.00 e. The standard InChI is InChI=1S/Li.Mo.H3O4P.3O/c;;1-5(2,3)4;;;/h;;(H3,1,2,3,4);;;/q2*+1;;;;-1/p-1. The zero-order chi connectivity index (χ0) is 7.71. The van der Waals surface area contributed by atoms with Crippen LogP contribution in [0.15, 0.2) is 0 Å². The van der Waals surface area contributed by atoms with Crippen LogP contribution < -0.4 is 22.6 Å². The van der Waals surface area contributed by atoms with Crippen molar-refractivity contribution < 1.29 is 63.7 Å². The molecule has 0 unspecified atom stereocenters. The molecule has 0 spiro atoms. The van der Waals surface area contributed by atoms with Crippen LogP contribution in [-0.4, -0.2) is 9.79 Å². The zero-order valence-corrected chi connectivity index (χ0v) is 7.69. The van der Waals surface area contributed by atoms with Gasteiger partial charge in [-0.3, -0.25) is 0 Å². The van der Waals surface area contributed by atoms with E-state index in [-0.39, 0.29) is 18.9 Å². The van der Waals surface area contributed by atoms with Gasteiger partial charge in [0.05, 0.1) is 0 Å².